The number of nitrogens with zero attached hydrogens (tertiary/aromatic N) is 1. The summed E-state index contributed by atoms with van der Waals surface area (Å²) in [5.74, 6) is 0.319. The fourth-order valence-electron chi connectivity index (χ4n) is 2.31. The molecule has 1 aliphatic rings. The van der Waals surface area contributed by atoms with E-state index in [1.54, 1.807) is 30.2 Å². The number of hydrogen-bond acceptors (Lipinski definition) is 3. The van der Waals surface area contributed by atoms with Crippen molar-refractivity contribution < 1.29 is 9.53 Å². The zero-order chi connectivity index (χ0) is 13.1. The summed E-state index contributed by atoms with van der Waals surface area (Å²) in [5.41, 5.74) is 6.67. The first-order valence-corrected chi connectivity index (χ1v) is 6.33. The van der Waals surface area contributed by atoms with Crippen molar-refractivity contribution in [1.29, 1.82) is 0 Å². The number of amides is 1. The first-order chi connectivity index (χ1) is 8.63. The Morgan fingerprint density at radius 3 is 3.06 bits per heavy atom. The number of carbonyl (C=O) groups is 1. The van der Waals surface area contributed by atoms with Crippen molar-refractivity contribution in [1.82, 2.24) is 4.90 Å². The SMILES string of the molecule is COCC1CCN(C(=O)c2c(N)cccc2Cl)C1. The van der Waals surface area contributed by atoms with Crippen LogP contribution in [0.4, 0.5) is 5.69 Å². The van der Waals surface area contributed by atoms with Crippen molar-refractivity contribution in [3.8, 4) is 0 Å². The fourth-order valence-corrected chi connectivity index (χ4v) is 2.58. The van der Waals surface area contributed by atoms with Gasteiger partial charge in [-0.15, -0.1) is 0 Å². The number of likely N-dealkylation sites (tertiary alicyclic amines) is 1. The molecule has 2 rings (SSSR count). The fraction of sp³-hybridized carbons (Fsp3) is 0.462. The number of carbonyl (C=O) groups excluding carboxylic acids is 1. The van der Waals surface area contributed by atoms with Crippen molar-refractivity contribution in [2.45, 2.75) is 6.42 Å². The molecule has 1 aromatic carbocycles. The van der Waals surface area contributed by atoms with Gasteiger partial charge in [-0.3, -0.25) is 4.79 Å². The molecule has 0 bridgehead atoms. The van der Waals surface area contributed by atoms with Crippen LogP contribution in [-0.4, -0.2) is 37.6 Å². The van der Waals surface area contributed by atoms with E-state index in [-0.39, 0.29) is 5.91 Å². The van der Waals surface area contributed by atoms with Gasteiger partial charge in [0.15, 0.2) is 0 Å². The molecule has 0 spiro atoms. The number of nitrogen functional groups attached to an aromatic ring is 1. The number of hydrogen-bond donors (Lipinski definition) is 1. The van der Waals surface area contributed by atoms with Crippen LogP contribution < -0.4 is 5.73 Å². The summed E-state index contributed by atoms with van der Waals surface area (Å²) in [6.45, 7) is 2.12. The average Bonchev–Trinajstić information content (AvgIpc) is 2.78. The molecule has 1 aromatic rings. The maximum Gasteiger partial charge on any atom is 0.257 e. The van der Waals surface area contributed by atoms with Crippen molar-refractivity contribution in [2.75, 3.05) is 32.5 Å². The molecular weight excluding hydrogens is 252 g/mol. The minimum absolute atomic E-state index is 0.0864. The third-order valence-corrected chi connectivity index (χ3v) is 3.55. The maximum absolute atomic E-state index is 12.4. The second-order valence-corrected chi connectivity index (χ2v) is 4.97. The topological polar surface area (TPSA) is 55.6 Å². The Bertz CT molecular complexity index is 430. The predicted octanol–water partition coefficient (Wildman–Crippen LogP) is 2.03. The van der Waals surface area contributed by atoms with E-state index in [4.69, 9.17) is 22.1 Å². The zero-order valence-electron chi connectivity index (χ0n) is 10.4. The van der Waals surface area contributed by atoms with Crippen LogP contribution in [0.25, 0.3) is 0 Å². The molecule has 4 nitrogen and oxygen atoms in total. The van der Waals surface area contributed by atoms with Crippen LogP contribution in [0.1, 0.15) is 16.8 Å². The van der Waals surface area contributed by atoms with Gasteiger partial charge in [0.1, 0.15) is 0 Å². The number of halogens is 1. The molecule has 1 saturated heterocycles. The second-order valence-electron chi connectivity index (χ2n) is 4.57. The highest BCUT2D eigenvalue weighted by Gasteiger charge is 2.28. The molecule has 5 heteroatoms. The van der Waals surface area contributed by atoms with E-state index in [0.29, 0.717) is 35.3 Å². The number of ether oxygens (including phenoxy) is 1. The quantitative estimate of drug-likeness (QED) is 0.854. The Kier molecular flexibility index (Phi) is 4.09. The largest absolute Gasteiger partial charge is 0.398 e. The molecule has 1 fully saturated rings. The molecular formula is C13H17ClN2O2. The lowest BCUT2D eigenvalue weighted by atomic mass is 10.1. The van der Waals surface area contributed by atoms with E-state index in [2.05, 4.69) is 0 Å². The average molecular weight is 269 g/mol. The summed E-state index contributed by atoms with van der Waals surface area (Å²) in [6, 6.07) is 5.13. The van der Waals surface area contributed by atoms with Crippen LogP contribution in [0, 0.1) is 5.92 Å². The van der Waals surface area contributed by atoms with Crippen LogP contribution in [0.2, 0.25) is 5.02 Å². The van der Waals surface area contributed by atoms with E-state index < -0.39 is 0 Å². The monoisotopic (exact) mass is 268 g/mol. The zero-order valence-corrected chi connectivity index (χ0v) is 11.1. The van der Waals surface area contributed by atoms with E-state index in [0.717, 1.165) is 13.0 Å². The molecule has 0 aromatic heterocycles. The lowest BCUT2D eigenvalue weighted by Crippen LogP contribution is -2.30. The number of methoxy groups -OCH3 is 1. The minimum atomic E-state index is -0.0864. The molecule has 98 valence electrons. The molecule has 18 heavy (non-hydrogen) atoms. The van der Waals surface area contributed by atoms with Gasteiger partial charge >= 0.3 is 0 Å². The minimum Gasteiger partial charge on any atom is -0.398 e. The standard InChI is InChI=1S/C13H17ClN2O2/c1-18-8-9-5-6-16(7-9)13(17)12-10(14)3-2-4-11(12)15/h2-4,9H,5-8,15H2,1H3. The van der Waals surface area contributed by atoms with Gasteiger partial charge in [-0.2, -0.15) is 0 Å². The highest BCUT2D eigenvalue weighted by molar-refractivity contribution is 6.34. The molecule has 0 radical (unpaired) electrons. The molecule has 0 aliphatic carbocycles. The lowest BCUT2D eigenvalue weighted by molar-refractivity contribution is 0.0776. The molecule has 1 aliphatic heterocycles. The van der Waals surface area contributed by atoms with E-state index >= 15 is 0 Å². The van der Waals surface area contributed by atoms with Gasteiger partial charge < -0.3 is 15.4 Å². The van der Waals surface area contributed by atoms with Crippen molar-refractivity contribution in [2.24, 2.45) is 5.92 Å². The van der Waals surface area contributed by atoms with Gasteiger partial charge in [0.05, 0.1) is 17.2 Å². The van der Waals surface area contributed by atoms with Crippen molar-refractivity contribution in [3.05, 3.63) is 28.8 Å². The number of benzene rings is 1. The van der Waals surface area contributed by atoms with Gasteiger partial charge in [-0.1, -0.05) is 17.7 Å². The summed E-state index contributed by atoms with van der Waals surface area (Å²) in [7, 11) is 1.68. The lowest BCUT2D eigenvalue weighted by Gasteiger charge is -2.18. The molecule has 1 unspecified atom stereocenters. The van der Waals surface area contributed by atoms with Gasteiger partial charge in [0.25, 0.3) is 5.91 Å². The molecule has 0 saturated carbocycles. The van der Waals surface area contributed by atoms with E-state index in [9.17, 15) is 4.79 Å². The molecule has 1 atom stereocenters. The van der Waals surface area contributed by atoms with Gasteiger partial charge in [-0.25, -0.2) is 0 Å². The van der Waals surface area contributed by atoms with Crippen LogP contribution in [0.15, 0.2) is 18.2 Å². The van der Waals surface area contributed by atoms with Gasteiger partial charge in [0, 0.05) is 31.8 Å². The van der Waals surface area contributed by atoms with Crippen LogP contribution in [0.3, 0.4) is 0 Å². The van der Waals surface area contributed by atoms with Gasteiger partial charge in [0.2, 0.25) is 0 Å². The summed E-state index contributed by atoms with van der Waals surface area (Å²) in [5, 5.41) is 0.412. The number of nitrogens with two attached hydrogens (primary N) is 1. The Morgan fingerprint density at radius 2 is 2.39 bits per heavy atom. The van der Waals surface area contributed by atoms with Crippen molar-refractivity contribution in [3.63, 3.8) is 0 Å². The maximum atomic E-state index is 12.4. The van der Waals surface area contributed by atoms with Crippen LogP contribution in [0.5, 0.6) is 0 Å². The summed E-state index contributed by atoms with van der Waals surface area (Å²) >= 11 is 6.05. The van der Waals surface area contributed by atoms with E-state index in [1.807, 2.05) is 0 Å². The summed E-state index contributed by atoms with van der Waals surface area (Å²) in [4.78, 5) is 14.2. The normalized spacial score (nSPS) is 19.2. The highest BCUT2D eigenvalue weighted by Crippen LogP contribution is 2.26. The molecule has 2 N–H and O–H groups in total. The number of anilines is 1. The third kappa shape index (κ3) is 2.60. The highest BCUT2D eigenvalue weighted by atomic mass is 35.5. The molecule has 1 amide bonds. The van der Waals surface area contributed by atoms with E-state index in [1.165, 1.54) is 0 Å². The predicted molar refractivity (Wildman–Crippen MR) is 71.8 cm³/mol. The Morgan fingerprint density at radius 1 is 1.61 bits per heavy atom. The molecule has 1 heterocycles. The van der Waals surface area contributed by atoms with Crippen LogP contribution in [-0.2, 0) is 4.74 Å². The summed E-state index contributed by atoms with van der Waals surface area (Å²) < 4.78 is 5.12. The smallest absolute Gasteiger partial charge is 0.257 e. The first-order valence-electron chi connectivity index (χ1n) is 5.95. The number of rotatable bonds is 3. The second kappa shape index (κ2) is 5.59. The summed E-state index contributed by atoms with van der Waals surface area (Å²) in [6.07, 6.45) is 0.962. The third-order valence-electron chi connectivity index (χ3n) is 3.24. The Balaban J connectivity index is 2.13. The van der Waals surface area contributed by atoms with Crippen LogP contribution >= 0.6 is 11.6 Å². The Labute approximate surface area is 112 Å². The first kappa shape index (κ1) is 13.2. The Hall–Kier alpha value is -1.26. The van der Waals surface area contributed by atoms with Crippen molar-refractivity contribution >= 4 is 23.2 Å². The van der Waals surface area contributed by atoms with Gasteiger partial charge in [-0.05, 0) is 18.6 Å².